The molecule has 15 heavy (non-hydrogen) atoms. The van der Waals surface area contributed by atoms with E-state index in [1.807, 2.05) is 4.90 Å². The van der Waals surface area contributed by atoms with Crippen molar-refractivity contribution < 1.29 is 4.79 Å². The Balaban J connectivity index is 1.91. The molecule has 2 aliphatic rings. The first-order chi connectivity index (χ1) is 7.22. The van der Waals surface area contributed by atoms with Crippen molar-refractivity contribution in [2.24, 2.45) is 5.73 Å². The van der Waals surface area contributed by atoms with Gasteiger partial charge in [-0.25, -0.2) is 0 Å². The van der Waals surface area contributed by atoms with Crippen LogP contribution in [0, 0.1) is 0 Å². The molecular formula is C11H21N3O. The minimum Gasteiger partial charge on any atom is -0.337 e. The van der Waals surface area contributed by atoms with Crippen LogP contribution in [0.15, 0.2) is 0 Å². The molecule has 2 rings (SSSR count). The quantitative estimate of drug-likeness (QED) is 0.714. The first-order valence-corrected chi connectivity index (χ1v) is 5.92. The van der Waals surface area contributed by atoms with Crippen LogP contribution in [0.5, 0.6) is 0 Å². The number of carbonyl (C=O) groups excluding carboxylic acids is 1. The van der Waals surface area contributed by atoms with Gasteiger partial charge in [0.25, 0.3) is 0 Å². The van der Waals surface area contributed by atoms with Gasteiger partial charge in [0.2, 0.25) is 5.91 Å². The second kappa shape index (κ2) is 4.49. The maximum Gasteiger partial charge on any atom is 0.236 e. The van der Waals surface area contributed by atoms with E-state index in [2.05, 4.69) is 11.9 Å². The summed E-state index contributed by atoms with van der Waals surface area (Å²) in [5, 5.41) is 0. The highest BCUT2D eigenvalue weighted by atomic mass is 16.2. The second-order valence-electron chi connectivity index (χ2n) is 4.76. The van der Waals surface area contributed by atoms with Crippen LogP contribution in [0.2, 0.25) is 0 Å². The number of hydrogen-bond donors (Lipinski definition) is 1. The molecule has 0 aromatic heterocycles. The number of amides is 1. The molecule has 1 saturated carbocycles. The Hall–Kier alpha value is -0.610. The molecule has 0 radical (unpaired) electrons. The van der Waals surface area contributed by atoms with Crippen molar-refractivity contribution in [3.63, 3.8) is 0 Å². The number of hydrogen-bond acceptors (Lipinski definition) is 3. The predicted octanol–water partition coefficient (Wildman–Crippen LogP) is 0.0303. The first kappa shape index (κ1) is 10.9. The largest absolute Gasteiger partial charge is 0.337 e. The van der Waals surface area contributed by atoms with Gasteiger partial charge in [-0.1, -0.05) is 0 Å². The molecule has 0 aromatic rings. The highest BCUT2D eigenvalue weighted by Crippen LogP contribution is 2.28. The summed E-state index contributed by atoms with van der Waals surface area (Å²) in [5.41, 5.74) is 5.44. The van der Waals surface area contributed by atoms with Gasteiger partial charge >= 0.3 is 0 Å². The summed E-state index contributed by atoms with van der Waals surface area (Å²) in [4.78, 5) is 16.0. The Morgan fingerprint density at radius 2 is 2.20 bits per heavy atom. The van der Waals surface area contributed by atoms with Gasteiger partial charge in [-0.2, -0.15) is 0 Å². The van der Waals surface area contributed by atoms with E-state index in [-0.39, 0.29) is 12.5 Å². The SMILES string of the molecule is CN1CCCC1CN(C(=O)CN)C1CC1. The first-order valence-electron chi connectivity index (χ1n) is 5.92. The minimum atomic E-state index is 0.123. The van der Waals surface area contributed by atoms with E-state index >= 15 is 0 Å². The molecule has 1 saturated heterocycles. The van der Waals surface area contributed by atoms with Crippen molar-refractivity contribution in [1.29, 1.82) is 0 Å². The number of carbonyl (C=O) groups is 1. The van der Waals surface area contributed by atoms with Crippen molar-refractivity contribution in [1.82, 2.24) is 9.80 Å². The van der Waals surface area contributed by atoms with E-state index in [0.717, 1.165) is 6.54 Å². The molecule has 1 unspecified atom stereocenters. The number of likely N-dealkylation sites (N-methyl/N-ethyl adjacent to an activating group) is 1. The number of likely N-dealkylation sites (tertiary alicyclic amines) is 1. The van der Waals surface area contributed by atoms with E-state index in [0.29, 0.717) is 12.1 Å². The zero-order valence-corrected chi connectivity index (χ0v) is 9.48. The van der Waals surface area contributed by atoms with Crippen molar-refractivity contribution in [2.75, 3.05) is 26.7 Å². The van der Waals surface area contributed by atoms with Crippen molar-refractivity contribution in [3.05, 3.63) is 0 Å². The molecule has 1 aliphatic carbocycles. The van der Waals surface area contributed by atoms with Crippen LogP contribution in [0.1, 0.15) is 25.7 Å². The molecule has 0 spiro atoms. The fourth-order valence-corrected chi connectivity index (χ4v) is 2.39. The molecule has 4 heteroatoms. The van der Waals surface area contributed by atoms with Gasteiger partial charge in [0.1, 0.15) is 0 Å². The van der Waals surface area contributed by atoms with E-state index in [4.69, 9.17) is 5.73 Å². The van der Waals surface area contributed by atoms with Crippen LogP contribution < -0.4 is 5.73 Å². The molecule has 2 N–H and O–H groups in total. The van der Waals surface area contributed by atoms with Crippen molar-refractivity contribution >= 4 is 5.91 Å². The fraction of sp³-hybridized carbons (Fsp3) is 0.909. The summed E-state index contributed by atoms with van der Waals surface area (Å²) in [7, 11) is 2.15. The van der Waals surface area contributed by atoms with Crippen molar-refractivity contribution in [3.8, 4) is 0 Å². The Bertz CT molecular complexity index is 240. The molecule has 4 nitrogen and oxygen atoms in total. The summed E-state index contributed by atoms with van der Waals surface area (Å²) in [6, 6.07) is 1.05. The summed E-state index contributed by atoms with van der Waals surface area (Å²) in [5.74, 6) is 0.123. The minimum absolute atomic E-state index is 0.123. The highest BCUT2D eigenvalue weighted by Gasteiger charge is 2.34. The third kappa shape index (κ3) is 2.49. The Labute approximate surface area is 91.4 Å². The van der Waals surface area contributed by atoms with Crippen LogP contribution in [-0.2, 0) is 4.79 Å². The van der Waals surface area contributed by atoms with Crippen LogP contribution in [0.25, 0.3) is 0 Å². The smallest absolute Gasteiger partial charge is 0.236 e. The van der Waals surface area contributed by atoms with Crippen LogP contribution >= 0.6 is 0 Å². The molecule has 0 aromatic carbocycles. The third-order valence-corrected chi connectivity index (χ3v) is 3.56. The summed E-state index contributed by atoms with van der Waals surface area (Å²) in [6.45, 7) is 2.21. The zero-order chi connectivity index (χ0) is 10.8. The van der Waals surface area contributed by atoms with E-state index in [9.17, 15) is 4.79 Å². The van der Waals surface area contributed by atoms with Gasteiger partial charge in [0.05, 0.1) is 6.54 Å². The molecular weight excluding hydrogens is 190 g/mol. The highest BCUT2D eigenvalue weighted by molar-refractivity contribution is 5.78. The molecule has 1 atom stereocenters. The Morgan fingerprint density at radius 1 is 1.47 bits per heavy atom. The second-order valence-corrected chi connectivity index (χ2v) is 4.76. The lowest BCUT2D eigenvalue weighted by molar-refractivity contribution is -0.130. The standard InChI is InChI=1S/C11H21N3O/c1-13-6-2-3-10(13)8-14(9-4-5-9)11(15)7-12/h9-10H,2-8,12H2,1H3. The normalized spacial score (nSPS) is 26.9. The van der Waals surface area contributed by atoms with Gasteiger partial charge in [0, 0.05) is 18.6 Å². The molecule has 1 aliphatic heterocycles. The average Bonchev–Trinajstić information content (AvgIpc) is 2.99. The van der Waals surface area contributed by atoms with Gasteiger partial charge in [0.15, 0.2) is 0 Å². The zero-order valence-electron chi connectivity index (χ0n) is 9.48. The summed E-state index contributed by atoms with van der Waals surface area (Å²) in [6.07, 6.45) is 4.82. The van der Waals surface area contributed by atoms with E-state index < -0.39 is 0 Å². The monoisotopic (exact) mass is 211 g/mol. The number of nitrogens with two attached hydrogens (primary N) is 1. The fourth-order valence-electron chi connectivity index (χ4n) is 2.39. The Kier molecular flexibility index (Phi) is 3.26. The van der Waals surface area contributed by atoms with Gasteiger partial charge in [-0.15, -0.1) is 0 Å². The van der Waals surface area contributed by atoms with Crippen molar-refractivity contribution in [2.45, 2.75) is 37.8 Å². The summed E-state index contributed by atoms with van der Waals surface area (Å²) >= 11 is 0. The van der Waals surface area contributed by atoms with E-state index in [1.165, 1.54) is 32.2 Å². The Morgan fingerprint density at radius 3 is 2.67 bits per heavy atom. The van der Waals surface area contributed by atoms with E-state index in [1.54, 1.807) is 0 Å². The molecule has 2 fully saturated rings. The van der Waals surface area contributed by atoms with Crippen LogP contribution in [-0.4, -0.2) is 54.5 Å². The predicted molar refractivity (Wildman–Crippen MR) is 59.4 cm³/mol. The molecule has 0 bridgehead atoms. The lowest BCUT2D eigenvalue weighted by atomic mass is 10.2. The number of nitrogens with zero attached hydrogens (tertiary/aromatic N) is 2. The van der Waals surface area contributed by atoms with Gasteiger partial charge < -0.3 is 15.5 Å². The van der Waals surface area contributed by atoms with Gasteiger partial charge in [-0.05, 0) is 39.3 Å². The molecule has 86 valence electrons. The third-order valence-electron chi connectivity index (χ3n) is 3.56. The molecule has 1 amide bonds. The average molecular weight is 211 g/mol. The number of rotatable bonds is 4. The van der Waals surface area contributed by atoms with Crippen LogP contribution in [0.3, 0.4) is 0 Å². The maximum absolute atomic E-state index is 11.7. The maximum atomic E-state index is 11.7. The lowest BCUT2D eigenvalue weighted by Crippen LogP contribution is -2.45. The lowest BCUT2D eigenvalue weighted by Gasteiger charge is -2.28. The molecule has 1 heterocycles. The van der Waals surface area contributed by atoms with Gasteiger partial charge in [-0.3, -0.25) is 4.79 Å². The van der Waals surface area contributed by atoms with Crippen LogP contribution in [0.4, 0.5) is 0 Å². The summed E-state index contributed by atoms with van der Waals surface area (Å²) < 4.78 is 0. The topological polar surface area (TPSA) is 49.6 Å².